The second-order valence-electron chi connectivity index (χ2n) is 3.84. The molecule has 2 nitrogen and oxygen atoms in total. The summed E-state index contributed by atoms with van der Waals surface area (Å²) >= 11 is 0. The molecule has 80 valence electrons. The number of aliphatic hydroxyl groups excluding tert-OH is 1. The van der Waals surface area contributed by atoms with Crippen LogP contribution < -0.4 is 0 Å². The lowest BCUT2D eigenvalue weighted by molar-refractivity contribution is -0.0358. The molecule has 0 radical (unpaired) electrons. The molecule has 0 bridgehead atoms. The highest BCUT2D eigenvalue weighted by Crippen LogP contribution is 2.12. The van der Waals surface area contributed by atoms with Gasteiger partial charge in [-0.25, -0.2) is 0 Å². The molecule has 0 spiro atoms. The molecule has 0 aliphatic heterocycles. The van der Waals surface area contributed by atoms with Crippen molar-refractivity contribution in [1.82, 2.24) is 4.90 Å². The van der Waals surface area contributed by atoms with Crippen molar-refractivity contribution in [2.45, 2.75) is 53.2 Å². The van der Waals surface area contributed by atoms with Crippen LogP contribution >= 0.6 is 0 Å². The predicted molar refractivity (Wildman–Crippen MR) is 57.6 cm³/mol. The Morgan fingerprint density at radius 2 is 1.54 bits per heavy atom. The van der Waals surface area contributed by atoms with E-state index in [0.717, 1.165) is 32.4 Å². The highest BCUT2D eigenvalue weighted by Gasteiger charge is 2.18. The standard InChI is InChI=1S/C11H25NO/c1-5-8-12(9-6-2)11(13)10(4)7-3/h10-11,13H,5-9H2,1-4H3. The summed E-state index contributed by atoms with van der Waals surface area (Å²) in [7, 11) is 0. The Hall–Kier alpha value is -0.0800. The highest BCUT2D eigenvalue weighted by atomic mass is 16.3. The third kappa shape index (κ3) is 4.63. The zero-order valence-electron chi connectivity index (χ0n) is 9.58. The summed E-state index contributed by atoms with van der Waals surface area (Å²) in [6.45, 7) is 10.6. The first kappa shape index (κ1) is 12.9. The van der Waals surface area contributed by atoms with Crippen molar-refractivity contribution in [3.63, 3.8) is 0 Å². The molecule has 0 aromatic rings. The second-order valence-corrected chi connectivity index (χ2v) is 3.84. The van der Waals surface area contributed by atoms with Crippen LogP contribution in [-0.2, 0) is 0 Å². The summed E-state index contributed by atoms with van der Waals surface area (Å²) < 4.78 is 0. The van der Waals surface area contributed by atoms with Crippen LogP contribution in [0.3, 0.4) is 0 Å². The number of hydrogen-bond acceptors (Lipinski definition) is 2. The van der Waals surface area contributed by atoms with Crippen molar-refractivity contribution in [3.05, 3.63) is 0 Å². The minimum Gasteiger partial charge on any atom is -0.378 e. The Bertz CT molecular complexity index is 111. The van der Waals surface area contributed by atoms with Gasteiger partial charge in [-0.2, -0.15) is 0 Å². The smallest absolute Gasteiger partial charge is 0.109 e. The fourth-order valence-corrected chi connectivity index (χ4v) is 1.52. The van der Waals surface area contributed by atoms with E-state index in [4.69, 9.17) is 0 Å². The van der Waals surface area contributed by atoms with Gasteiger partial charge in [-0.3, -0.25) is 4.90 Å². The maximum absolute atomic E-state index is 9.97. The number of nitrogens with zero attached hydrogens (tertiary/aromatic N) is 1. The van der Waals surface area contributed by atoms with Crippen molar-refractivity contribution in [1.29, 1.82) is 0 Å². The fourth-order valence-electron chi connectivity index (χ4n) is 1.52. The van der Waals surface area contributed by atoms with E-state index >= 15 is 0 Å². The van der Waals surface area contributed by atoms with E-state index in [0.29, 0.717) is 5.92 Å². The first-order valence-electron chi connectivity index (χ1n) is 5.59. The zero-order chi connectivity index (χ0) is 10.3. The van der Waals surface area contributed by atoms with Gasteiger partial charge < -0.3 is 5.11 Å². The number of aliphatic hydroxyl groups is 1. The summed E-state index contributed by atoms with van der Waals surface area (Å²) in [6.07, 6.45) is 3.04. The van der Waals surface area contributed by atoms with Gasteiger partial charge in [0.2, 0.25) is 0 Å². The molecule has 2 atom stereocenters. The molecule has 0 aromatic heterocycles. The summed E-state index contributed by atoms with van der Waals surface area (Å²) in [5.74, 6) is 0.387. The molecule has 0 aromatic carbocycles. The molecule has 0 fully saturated rings. The van der Waals surface area contributed by atoms with Crippen molar-refractivity contribution in [3.8, 4) is 0 Å². The summed E-state index contributed by atoms with van der Waals surface area (Å²) in [6, 6.07) is 0. The number of rotatable bonds is 7. The molecule has 0 saturated heterocycles. The lowest BCUT2D eigenvalue weighted by atomic mass is 10.1. The maximum Gasteiger partial charge on any atom is 0.109 e. The zero-order valence-corrected chi connectivity index (χ0v) is 9.58. The van der Waals surface area contributed by atoms with E-state index in [-0.39, 0.29) is 6.23 Å². The molecule has 1 N–H and O–H groups in total. The van der Waals surface area contributed by atoms with E-state index in [1.807, 2.05) is 0 Å². The average Bonchev–Trinajstić information content (AvgIpc) is 2.15. The predicted octanol–water partition coefficient (Wildman–Crippen LogP) is 2.47. The topological polar surface area (TPSA) is 23.5 Å². The Morgan fingerprint density at radius 3 is 1.85 bits per heavy atom. The lowest BCUT2D eigenvalue weighted by Gasteiger charge is -2.30. The van der Waals surface area contributed by atoms with E-state index in [1.54, 1.807) is 0 Å². The monoisotopic (exact) mass is 187 g/mol. The number of hydrogen-bond donors (Lipinski definition) is 1. The molecular weight excluding hydrogens is 162 g/mol. The molecule has 0 rings (SSSR count). The van der Waals surface area contributed by atoms with Crippen molar-refractivity contribution < 1.29 is 5.11 Å². The average molecular weight is 187 g/mol. The van der Waals surface area contributed by atoms with Crippen LogP contribution in [0.1, 0.15) is 47.0 Å². The van der Waals surface area contributed by atoms with Crippen LogP contribution in [0.4, 0.5) is 0 Å². The van der Waals surface area contributed by atoms with Crippen LogP contribution in [0.2, 0.25) is 0 Å². The second kappa shape index (κ2) is 7.34. The van der Waals surface area contributed by atoms with E-state index in [1.165, 1.54) is 0 Å². The van der Waals surface area contributed by atoms with Gasteiger partial charge in [-0.15, -0.1) is 0 Å². The molecule has 2 heteroatoms. The Kier molecular flexibility index (Phi) is 7.29. The fraction of sp³-hybridized carbons (Fsp3) is 1.00. The summed E-state index contributed by atoms with van der Waals surface area (Å²) in [4.78, 5) is 2.19. The van der Waals surface area contributed by atoms with Crippen LogP contribution in [0.15, 0.2) is 0 Å². The van der Waals surface area contributed by atoms with Crippen molar-refractivity contribution >= 4 is 0 Å². The van der Waals surface area contributed by atoms with E-state index in [9.17, 15) is 5.11 Å². The Labute approximate surface area is 82.9 Å². The molecule has 0 aliphatic carbocycles. The van der Waals surface area contributed by atoms with Crippen LogP contribution in [0.25, 0.3) is 0 Å². The summed E-state index contributed by atoms with van der Waals surface area (Å²) in [5.41, 5.74) is 0. The quantitative estimate of drug-likeness (QED) is 0.619. The Morgan fingerprint density at radius 1 is 1.08 bits per heavy atom. The highest BCUT2D eigenvalue weighted by molar-refractivity contribution is 4.65. The third-order valence-corrected chi connectivity index (χ3v) is 2.55. The van der Waals surface area contributed by atoms with Gasteiger partial charge in [0.05, 0.1) is 0 Å². The normalized spacial score (nSPS) is 16.2. The van der Waals surface area contributed by atoms with Gasteiger partial charge in [0, 0.05) is 13.1 Å². The molecule has 0 heterocycles. The molecule has 2 unspecified atom stereocenters. The van der Waals surface area contributed by atoms with Gasteiger partial charge in [0.15, 0.2) is 0 Å². The van der Waals surface area contributed by atoms with Crippen LogP contribution in [0.5, 0.6) is 0 Å². The van der Waals surface area contributed by atoms with Gasteiger partial charge in [-0.1, -0.05) is 27.7 Å². The minimum absolute atomic E-state index is 0.245. The lowest BCUT2D eigenvalue weighted by Crippen LogP contribution is -2.40. The van der Waals surface area contributed by atoms with Crippen molar-refractivity contribution in [2.24, 2.45) is 5.92 Å². The van der Waals surface area contributed by atoms with E-state index < -0.39 is 0 Å². The molecule has 0 saturated carbocycles. The van der Waals surface area contributed by atoms with Crippen molar-refractivity contribution in [2.75, 3.05) is 13.1 Å². The first-order valence-corrected chi connectivity index (χ1v) is 5.59. The minimum atomic E-state index is -0.245. The Balaban J connectivity index is 4.00. The molecule has 0 aliphatic rings. The molecule has 13 heavy (non-hydrogen) atoms. The van der Waals surface area contributed by atoms with Gasteiger partial charge >= 0.3 is 0 Å². The maximum atomic E-state index is 9.97. The molecular formula is C11H25NO. The van der Waals surface area contributed by atoms with Gasteiger partial charge in [0.25, 0.3) is 0 Å². The molecule has 0 amide bonds. The first-order chi connectivity index (χ1) is 6.17. The van der Waals surface area contributed by atoms with Gasteiger partial charge in [-0.05, 0) is 25.2 Å². The largest absolute Gasteiger partial charge is 0.378 e. The summed E-state index contributed by atoms with van der Waals surface area (Å²) in [5, 5.41) is 9.97. The van der Waals surface area contributed by atoms with E-state index in [2.05, 4.69) is 32.6 Å². The van der Waals surface area contributed by atoms with Crippen LogP contribution in [0, 0.1) is 5.92 Å². The van der Waals surface area contributed by atoms with Gasteiger partial charge in [0.1, 0.15) is 6.23 Å². The third-order valence-electron chi connectivity index (χ3n) is 2.55. The SMILES string of the molecule is CCCN(CCC)C(O)C(C)CC. The van der Waals surface area contributed by atoms with Crippen LogP contribution in [-0.4, -0.2) is 29.3 Å².